The van der Waals surface area contributed by atoms with Crippen LogP contribution in [0.25, 0.3) is 16.3 Å². The third kappa shape index (κ3) is 4.11. The molecule has 0 unspecified atom stereocenters. The molecule has 154 valence electrons. The number of aryl methyl sites for hydroxylation is 1. The van der Waals surface area contributed by atoms with Crippen LogP contribution in [0.15, 0.2) is 47.5 Å². The summed E-state index contributed by atoms with van der Waals surface area (Å²) in [5.74, 6) is 0.956. The molecule has 0 aliphatic carbocycles. The molecule has 0 fully saturated rings. The number of hydrogen-bond acceptors (Lipinski definition) is 6. The number of carbonyl (C=O) groups excluding carboxylic acids is 1. The Kier molecular flexibility index (Phi) is 5.62. The number of hydrogen-bond donors (Lipinski definition) is 0. The summed E-state index contributed by atoms with van der Waals surface area (Å²) in [7, 11) is 0. The average Bonchev–Trinajstić information content (AvgIpc) is 3.07. The molecule has 0 atom stereocenters. The molecular formula is C21H19N3O5S. The van der Waals surface area contributed by atoms with Gasteiger partial charge in [0.25, 0.3) is 11.6 Å². The van der Waals surface area contributed by atoms with Gasteiger partial charge in [0.2, 0.25) is 0 Å². The predicted octanol–water partition coefficient (Wildman–Crippen LogP) is 3.93. The highest BCUT2D eigenvalue weighted by atomic mass is 32.1. The molecule has 9 heteroatoms. The van der Waals surface area contributed by atoms with Crippen LogP contribution in [-0.2, 0) is 11.3 Å². The van der Waals surface area contributed by atoms with Crippen LogP contribution < -0.4 is 14.3 Å². The first-order valence-corrected chi connectivity index (χ1v) is 10.3. The number of ether oxygens (including phenoxy) is 2. The van der Waals surface area contributed by atoms with Gasteiger partial charge < -0.3 is 14.0 Å². The van der Waals surface area contributed by atoms with Crippen LogP contribution in [0.2, 0.25) is 0 Å². The lowest BCUT2D eigenvalue weighted by Crippen LogP contribution is -2.17. The van der Waals surface area contributed by atoms with Gasteiger partial charge in [-0.1, -0.05) is 30.4 Å². The van der Waals surface area contributed by atoms with E-state index in [1.165, 1.54) is 35.6 Å². The Morgan fingerprint density at radius 3 is 2.77 bits per heavy atom. The summed E-state index contributed by atoms with van der Waals surface area (Å²) >= 11 is 1.41. The first-order valence-electron chi connectivity index (χ1n) is 9.49. The molecule has 0 saturated carbocycles. The minimum absolute atomic E-state index is 0.0276. The van der Waals surface area contributed by atoms with Crippen molar-refractivity contribution in [1.29, 1.82) is 0 Å². The molecule has 8 nitrogen and oxygen atoms in total. The summed E-state index contributed by atoms with van der Waals surface area (Å²) in [5, 5.41) is 10.9. The molecule has 0 radical (unpaired) electrons. The Bertz CT molecular complexity index is 1230. The number of nitro groups is 1. The van der Waals surface area contributed by atoms with E-state index in [1.807, 2.05) is 16.7 Å². The van der Waals surface area contributed by atoms with Crippen molar-refractivity contribution in [1.82, 2.24) is 4.57 Å². The van der Waals surface area contributed by atoms with Crippen LogP contribution in [-0.4, -0.2) is 28.6 Å². The number of thiazole rings is 1. The van der Waals surface area contributed by atoms with Gasteiger partial charge in [-0.3, -0.25) is 14.9 Å². The van der Waals surface area contributed by atoms with Gasteiger partial charge in [-0.2, -0.15) is 4.99 Å². The van der Waals surface area contributed by atoms with Crippen LogP contribution in [0.1, 0.15) is 18.9 Å². The Labute approximate surface area is 175 Å². The van der Waals surface area contributed by atoms with Gasteiger partial charge in [0.1, 0.15) is 13.2 Å². The van der Waals surface area contributed by atoms with Gasteiger partial charge in [-0.05, 0) is 18.1 Å². The number of non-ortho nitro benzene ring substituents is 1. The van der Waals surface area contributed by atoms with Crippen molar-refractivity contribution in [3.05, 3.63) is 63.0 Å². The van der Waals surface area contributed by atoms with E-state index in [1.54, 1.807) is 12.1 Å². The fourth-order valence-corrected chi connectivity index (χ4v) is 4.24. The van der Waals surface area contributed by atoms with Gasteiger partial charge in [-0.25, -0.2) is 0 Å². The van der Waals surface area contributed by atoms with Crippen molar-refractivity contribution in [2.24, 2.45) is 4.99 Å². The maximum atomic E-state index is 12.5. The Balaban J connectivity index is 1.68. The third-order valence-corrected chi connectivity index (χ3v) is 5.54. The van der Waals surface area contributed by atoms with Crippen LogP contribution in [0, 0.1) is 10.1 Å². The van der Waals surface area contributed by atoms with Gasteiger partial charge >= 0.3 is 0 Å². The van der Waals surface area contributed by atoms with E-state index in [4.69, 9.17) is 9.47 Å². The van der Waals surface area contributed by atoms with Crippen LogP contribution in [0.4, 0.5) is 5.69 Å². The molecule has 0 spiro atoms. The lowest BCUT2D eigenvalue weighted by Gasteiger charge is -2.18. The second kappa shape index (κ2) is 8.50. The second-order valence-corrected chi connectivity index (χ2v) is 7.64. The van der Waals surface area contributed by atoms with Crippen LogP contribution in [0.3, 0.4) is 0 Å². The van der Waals surface area contributed by atoms with E-state index >= 15 is 0 Å². The minimum Gasteiger partial charge on any atom is -0.486 e. The van der Waals surface area contributed by atoms with Gasteiger partial charge in [0, 0.05) is 36.9 Å². The SMILES string of the molecule is CCCn1c(=NC(=O)C=Cc2cccc([N+](=O)[O-])c2)sc2cc3c(cc21)OCCO3. The predicted molar refractivity (Wildman–Crippen MR) is 114 cm³/mol. The number of amides is 1. The van der Waals surface area contributed by atoms with E-state index in [0.717, 1.165) is 16.6 Å². The number of benzene rings is 2. The third-order valence-electron chi connectivity index (χ3n) is 4.50. The molecule has 0 N–H and O–H groups in total. The first-order chi connectivity index (χ1) is 14.5. The number of rotatable bonds is 5. The monoisotopic (exact) mass is 425 g/mol. The Morgan fingerprint density at radius 2 is 2.03 bits per heavy atom. The van der Waals surface area contributed by atoms with Gasteiger partial charge in [0.05, 0.1) is 15.1 Å². The zero-order chi connectivity index (χ0) is 21.1. The van der Waals surface area contributed by atoms with Crippen LogP contribution >= 0.6 is 11.3 Å². The van der Waals surface area contributed by atoms with Crippen molar-refractivity contribution < 1.29 is 19.2 Å². The number of nitrogens with zero attached hydrogens (tertiary/aromatic N) is 3. The van der Waals surface area contributed by atoms with E-state index in [0.29, 0.717) is 41.6 Å². The molecule has 3 aromatic rings. The summed E-state index contributed by atoms with van der Waals surface area (Å²) in [5.41, 5.74) is 1.48. The minimum atomic E-state index is -0.471. The quantitative estimate of drug-likeness (QED) is 0.351. The average molecular weight is 425 g/mol. The molecule has 2 aromatic carbocycles. The lowest BCUT2D eigenvalue weighted by atomic mass is 10.2. The van der Waals surface area contributed by atoms with E-state index in [2.05, 4.69) is 11.9 Å². The van der Waals surface area contributed by atoms with E-state index in [-0.39, 0.29) is 5.69 Å². The zero-order valence-corrected chi connectivity index (χ0v) is 17.1. The molecule has 1 aliphatic rings. The summed E-state index contributed by atoms with van der Waals surface area (Å²) in [6.45, 7) is 3.79. The van der Waals surface area contributed by atoms with Crippen molar-refractivity contribution in [3.63, 3.8) is 0 Å². The van der Waals surface area contributed by atoms with E-state index in [9.17, 15) is 14.9 Å². The second-order valence-electron chi connectivity index (χ2n) is 6.64. The van der Waals surface area contributed by atoms with Crippen LogP contribution in [0.5, 0.6) is 11.5 Å². The van der Waals surface area contributed by atoms with Gasteiger partial charge in [0.15, 0.2) is 16.3 Å². The number of fused-ring (bicyclic) bond motifs is 2. The highest BCUT2D eigenvalue weighted by Gasteiger charge is 2.16. The fourth-order valence-electron chi connectivity index (χ4n) is 3.17. The largest absolute Gasteiger partial charge is 0.486 e. The maximum Gasteiger partial charge on any atom is 0.272 e. The molecule has 2 heterocycles. The normalized spacial score (nSPS) is 13.8. The summed E-state index contributed by atoms with van der Waals surface area (Å²) in [6.07, 6.45) is 3.72. The molecule has 30 heavy (non-hydrogen) atoms. The zero-order valence-electron chi connectivity index (χ0n) is 16.2. The molecule has 0 saturated heterocycles. The molecular weight excluding hydrogens is 406 g/mol. The Hall–Kier alpha value is -3.46. The summed E-state index contributed by atoms with van der Waals surface area (Å²) in [6, 6.07) is 9.93. The molecule has 4 rings (SSSR count). The Morgan fingerprint density at radius 1 is 1.27 bits per heavy atom. The lowest BCUT2D eigenvalue weighted by molar-refractivity contribution is -0.384. The maximum absolute atomic E-state index is 12.5. The first kappa shape index (κ1) is 19.8. The highest BCUT2D eigenvalue weighted by Crippen LogP contribution is 2.35. The van der Waals surface area contributed by atoms with Crippen molar-refractivity contribution in [3.8, 4) is 11.5 Å². The smallest absolute Gasteiger partial charge is 0.272 e. The van der Waals surface area contributed by atoms with E-state index < -0.39 is 10.8 Å². The number of nitro benzene ring substituents is 1. The topological polar surface area (TPSA) is 96.0 Å². The standard InChI is InChI=1S/C21H19N3O5S/c1-2-8-23-16-12-17-18(29-10-9-28-17)13-19(16)30-21(23)22-20(25)7-6-14-4-3-5-15(11-14)24(26)27/h3-7,11-13H,2,8-10H2,1H3. The summed E-state index contributed by atoms with van der Waals surface area (Å²) in [4.78, 5) is 27.7. The molecule has 1 aromatic heterocycles. The number of carbonyl (C=O) groups is 1. The molecule has 0 bridgehead atoms. The molecule has 1 amide bonds. The van der Waals surface area contributed by atoms with Crippen molar-refractivity contribution in [2.75, 3.05) is 13.2 Å². The highest BCUT2D eigenvalue weighted by molar-refractivity contribution is 7.16. The van der Waals surface area contributed by atoms with Crippen molar-refractivity contribution in [2.45, 2.75) is 19.9 Å². The fraction of sp³-hybridized carbons (Fsp3) is 0.238. The summed E-state index contributed by atoms with van der Waals surface area (Å²) < 4.78 is 14.3. The molecule has 1 aliphatic heterocycles. The number of aromatic nitrogens is 1. The van der Waals surface area contributed by atoms with Gasteiger partial charge in [-0.15, -0.1) is 0 Å². The van der Waals surface area contributed by atoms with Crippen molar-refractivity contribution >= 4 is 39.2 Å².